The minimum absolute atomic E-state index is 0.0173. The number of aliphatic hydroxyl groups is 1. The van der Waals surface area contributed by atoms with E-state index in [4.69, 9.17) is 13.9 Å². The first-order chi connectivity index (χ1) is 16.2. The topological polar surface area (TPSA) is 85.3 Å². The van der Waals surface area contributed by atoms with Crippen LogP contribution in [0.4, 0.5) is 4.79 Å². The molecular weight excluding hydrogens is 462 g/mol. The van der Waals surface area contributed by atoms with E-state index < -0.39 is 38.4 Å². The van der Waals surface area contributed by atoms with Gasteiger partial charge in [0.15, 0.2) is 8.32 Å². The summed E-state index contributed by atoms with van der Waals surface area (Å²) < 4.78 is 17.4. The van der Waals surface area contributed by atoms with Gasteiger partial charge >= 0.3 is 6.09 Å². The molecule has 0 bridgehead atoms. The number of cyclic esters (lactones) is 1. The quantitative estimate of drug-likeness (QED) is 0.430. The van der Waals surface area contributed by atoms with Crippen LogP contribution in [0.1, 0.15) is 47.1 Å². The number of hydrogen-bond acceptors (Lipinski definition) is 6. The molecule has 0 spiro atoms. The highest BCUT2D eigenvalue weighted by molar-refractivity contribution is 6.74. The highest BCUT2D eigenvalue weighted by Crippen LogP contribution is 2.37. The zero-order valence-corrected chi connectivity index (χ0v) is 23.9. The molecule has 1 aliphatic heterocycles. The first-order valence-electron chi connectivity index (χ1n) is 12.6. The molecule has 0 radical (unpaired) electrons. The fourth-order valence-corrected chi connectivity index (χ4v) is 5.51. The third-order valence-electron chi connectivity index (χ3n) is 7.82. The Morgan fingerprint density at radius 3 is 2.34 bits per heavy atom. The molecule has 8 heteroatoms. The van der Waals surface area contributed by atoms with Crippen molar-refractivity contribution < 1.29 is 28.6 Å². The van der Waals surface area contributed by atoms with Gasteiger partial charge in [0.05, 0.1) is 24.2 Å². The van der Waals surface area contributed by atoms with Crippen molar-refractivity contribution in [3.8, 4) is 0 Å². The minimum atomic E-state index is -1.92. The number of benzene rings is 1. The van der Waals surface area contributed by atoms with Gasteiger partial charge in [0.25, 0.3) is 0 Å². The Labute approximate surface area is 212 Å². The fourth-order valence-electron chi connectivity index (χ4n) is 4.40. The molecular formula is C27H45NO6Si. The SMILES string of the molecule is CO[C@@H]([C@@H](C)[C@@H](O)[C@H](C)C(=O)N1C(=O)OC[C@@H]1Cc1ccccc1)[C@@H](C)CO[Si](C)(C)C(C)(C)C. The zero-order chi connectivity index (χ0) is 26.6. The van der Waals surface area contributed by atoms with E-state index in [1.165, 1.54) is 4.90 Å². The van der Waals surface area contributed by atoms with Gasteiger partial charge in [-0.2, -0.15) is 0 Å². The molecule has 1 N–H and O–H groups in total. The van der Waals surface area contributed by atoms with Gasteiger partial charge in [0.1, 0.15) is 6.61 Å². The Bertz CT molecular complexity index is 840. The Kier molecular flexibility index (Phi) is 10.1. The maximum absolute atomic E-state index is 13.4. The smallest absolute Gasteiger partial charge is 0.416 e. The summed E-state index contributed by atoms with van der Waals surface area (Å²) in [6.07, 6.45) is -1.44. The highest BCUT2D eigenvalue weighted by atomic mass is 28.4. The molecule has 1 aromatic carbocycles. The van der Waals surface area contributed by atoms with Gasteiger partial charge in [-0.1, -0.05) is 71.9 Å². The lowest BCUT2D eigenvalue weighted by Gasteiger charge is -2.39. The van der Waals surface area contributed by atoms with Crippen molar-refractivity contribution in [2.24, 2.45) is 17.8 Å². The number of carbonyl (C=O) groups is 2. The maximum atomic E-state index is 13.4. The third kappa shape index (κ3) is 7.15. The summed E-state index contributed by atoms with van der Waals surface area (Å²) in [7, 11) is -0.302. The van der Waals surface area contributed by atoms with Gasteiger partial charge in [-0.05, 0) is 30.1 Å². The second-order valence-electron chi connectivity index (χ2n) is 11.5. The molecule has 1 aliphatic rings. The van der Waals surface area contributed by atoms with Crippen LogP contribution in [0, 0.1) is 17.8 Å². The molecule has 0 aromatic heterocycles. The Morgan fingerprint density at radius 1 is 1.20 bits per heavy atom. The molecule has 2 amide bonds. The van der Waals surface area contributed by atoms with E-state index in [9.17, 15) is 14.7 Å². The average molecular weight is 508 g/mol. The highest BCUT2D eigenvalue weighted by Gasteiger charge is 2.44. The van der Waals surface area contributed by atoms with Gasteiger partial charge in [-0.25, -0.2) is 9.69 Å². The Morgan fingerprint density at radius 2 is 1.80 bits per heavy atom. The van der Waals surface area contributed by atoms with Crippen LogP contribution in [0.25, 0.3) is 0 Å². The molecule has 1 aromatic rings. The molecule has 1 fully saturated rings. The predicted molar refractivity (Wildman–Crippen MR) is 140 cm³/mol. The normalized spacial score (nSPS) is 21.3. The molecule has 6 atom stereocenters. The van der Waals surface area contributed by atoms with E-state index in [-0.39, 0.29) is 29.6 Å². The van der Waals surface area contributed by atoms with Gasteiger partial charge in [-0.15, -0.1) is 0 Å². The van der Waals surface area contributed by atoms with Crippen LogP contribution in [0.5, 0.6) is 0 Å². The van der Waals surface area contributed by atoms with E-state index in [2.05, 4.69) is 33.9 Å². The summed E-state index contributed by atoms with van der Waals surface area (Å²) in [4.78, 5) is 27.0. The van der Waals surface area contributed by atoms with Gasteiger partial charge < -0.3 is 19.0 Å². The molecule has 0 saturated carbocycles. The minimum Gasteiger partial charge on any atom is -0.447 e. The average Bonchev–Trinajstić information content (AvgIpc) is 3.16. The number of nitrogens with zero attached hydrogens (tertiary/aromatic N) is 1. The molecule has 35 heavy (non-hydrogen) atoms. The molecule has 1 saturated heterocycles. The fraction of sp³-hybridized carbons (Fsp3) is 0.704. The summed E-state index contributed by atoms with van der Waals surface area (Å²) in [5, 5.41) is 11.3. The molecule has 0 unspecified atom stereocenters. The molecule has 7 nitrogen and oxygen atoms in total. The first kappa shape index (κ1) is 29.5. The van der Waals surface area contributed by atoms with Crippen LogP contribution in [-0.4, -0.2) is 68.9 Å². The Hall–Kier alpha value is -1.74. The largest absolute Gasteiger partial charge is 0.447 e. The van der Waals surface area contributed by atoms with E-state index in [0.29, 0.717) is 13.0 Å². The second-order valence-corrected chi connectivity index (χ2v) is 16.3. The summed E-state index contributed by atoms with van der Waals surface area (Å²) in [6.45, 7) is 17.3. The number of rotatable bonds is 11. The van der Waals surface area contributed by atoms with Crippen molar-refractivity contribution in [1.82, 2.24) is 4.90 Å². The number of ether oxygens (including phenoxy) is 2. The number of methoxy groups -OCH3 is 1. The van der Waals surface area contributed by atoms with Crippen LogP contribution in [0.3, 0.4) is 0 Å². The van der Waals surface area contributed by atoms with Crippen molar-refractivity contribution in [2.75, 3.05) is 20.3 Å². The van der Waals surface area contributed by atoms with Gasteiger partial charge in [0.2, 0.25) is 5.91 Å². The van der Waals surface area contributed by atoms with Crippen LogP contribution in [0.15, 0.2) is 30.3 Å². The van der Waals surface area contributed by atoms with Crippen LogP contribution < -0.4 is 0 Å². The summed E-state index contributed by atoms with van der Waals surface area (Å²) >= 11 is 0. The van der Waals surface area contributed by atoms with Gasteiger partial charge in [-0.3, -0.25) is 4.79 Å². The number of hydrogen-bond donors (Lipinski definition) is 1. The van der Waals surface area contributed by atoms with Crippen molar-refractivity contribution >= 4 is 20.3 Å². The van der Waals surface area contributed by atoms with E-state index in [1.807, 2.05) is 44.2 Å². The summed E-state index contributed by atoms with van der Waals surface area (Å²) in [5.41, 5.74) is 1.02. The first-order valence-corrected chi connectivity index (χ1v) is 15.5. The van der Waals surface area contributed by atoms with E-state index in [0.717, 1.165) is 5.56 Å². The lowest BCUT2D eigenvalue weighted by atomic mass is 9.83. The molecule has 0 aliphatic carbocycles. The number of amides is 2. The van der Waals surface area contributed by atoms with Crippen LogP contribution in [0.2, 0.25) is 18.1 Å². The second kappa shape index (κ2) is 12.0. The number of carbonyl (C=O) groups excluding carboxylic acids is 2. The monoisotopic (exact) mass is 507 g/mol. The van der Waals surface area contributed by atoms with Gasteiger partial charge in [0, 0.05) is 25.6 Å². The van der Waals surface area contributed by atoms with Crippen molar-refractivity contribution in [3.05, 3.63) is 35.9 Å². The van der Waals surface area contributed by atoms with E-state index >= 15 is 0 Å². The lowest BCUT2D eigenvalue weighted by Crippen LogP contribution is -2.49. The van der Waals surface area contributed by atoms with Crippen LogP contribution >= 0.6 is 0 Å². The number of aliphatic hydroxyl groups excluding tert-OH is 1. The third-order valence-corrected chi connectivity index (χ3v) is 12.3. The number of imide groups is 1. The molecule has 1 heterocycles. The lowest BCUT2D eigenvalue weighted by molar-refractivity contribution is -0.140. The molecule has 2 rings (SSSR count). The standard InChI is InChI=1S/C27H45NO6Si/c1-18(16-34-35(8,9)27(4,5)6)24(32-7)19(2)23(29)20(3)25(30)28-22(17-33-26(28)31)15-21-13-11-10-12-14-21/h10-14,18-20,22-24,29H,15-17H2,1-9H3/t18-,19-,20-,22-,23+,24+/m0/s1. The van der Waals surface area contributed by atoms with Crippen LogP contribution in [-0.2, 0) is 25.1 Å². The van der Waals surface area contributed by atoms with E-state index in [1.54, 1.807) is 14.0 Å². The molecule has 198 valence electrons. The van der Waals surface area contributed by atoms with Crippen molar-refractivity contribution in [2.45, 2.75) is 84.3 Å². The maximum Gasteiger partial charge on any atom is 0.416 e. The summed E-state index contributed by atoms with van der Waals surface area (Å²) in [5.74, 6) is -1.54. The predicted octanol–water partition coefficient (Wildman–Crippen LogP) is 4.88. The Balaban J connectivity index is 2.07. The van der Waals surface area contributed by atoms with Crippen molar-refractivity contribution in [3.63, 3.8) is 0 Å². The summed E-state index contributed by atoms with van der Waals surface area (Å²) in [6, 6.07) is 9.30. The zero-order valence-electron chi connectivity index (χ0n) is 22.9. The van der Waals surface area contributed by atoms with Crippen molar-refractivity contribution in [1.29, 1.82) is 0 Å².